The fourth-order valence-electron chi connectivity index (χ4n) is 1.65. The Labute approximate surface area is 91.2 Å². The molecule has 0 saturated carbocycles. The lowest BCUT2D eigenvalue weighted by molar-refractivity contribution is 0.354. The number of benzene rings is 1. The summed E-state index contributed by atoms with van der Waals surface area (Å²) >= 11 is 0. The molecule has 0 aliphatic heterocycles. The van der Waals surface area contributed by atoms with Crippen LogP contribution >= 0.6 is 0 Å². The Hall–Kier alpha value is -1.22. The molecule has 0 bridgehead atoms. The molecule has 0 fully saturated rings. The molecule has 1 atom stereocenters. The lowest BCUT2D eigenvalue weighted by atomic mass is 9.96. The average Bonchev–Trinajstić information content (AvgIpc) is 2.30. The maximum absolute atomic E-state index is 5.71. The molecule has 1 aromatic rings. The summed E-state index contributed by atoms with van der Waals surface area (Å²) < 4.78 is 10.4. The van der Waals surface area contributed by atoms with E-state index in [1.165, 1.54) is 5.56 Å². The normalized spacial score (nSPS) is 12.3. The largest absolute Gasteiger partial charge is 0.493 e. The third-order valence-corrected chi connectivity index (χ3v) is 2.66. The Kier molecular flexibility index (Phi) is 4.43. The predicted octanol–water partition coefficient (Wildman–Crippen LogP) is 2.16. The summed E-state index contributed by atoms with van der Waals surface area (Å²) in [6, 6.07) is 5.97. The predicted molar refractivity (Wildman–Crippen MR) is 61.6 cm³/mol. The SMILES string of the molecule is CC[C@@H](CN)c1ccc(OC)c(OC)c1. The third-order valence-electron chi connectivity index (χ3n) is 2.66. The molecule has 15 heavy (non-hydrogen) atoms. The minimum absolute atomic E-state index is 0.393. The fraction of sp³-hybridized carbons (Fsp3) is 0.500. The van der Waals surface area contributed by atoms with Gasteiger partial charge in [0, 0.05) is 0 Å². The van der Waals surface area contributed by atoms with Crippen molar-refractivity contribution in [3.63, 3.8) is 0 Å². The highest BCUT2D eigenvalue weighted by Gasteiger charge is 2.10. The van der Waals surface area contributed by atoms with E-state index in [4.69, 9.17) is 15.2 Å². The van der Waals surface area contributed by atoms with Crippen LogP contribution in [0.3, 0.4) is 0 Å². The molecule has 0 amide bonds. The first-order chi connectivity index (χ1) is 7.26. The van der Waals surface area contributed by atoms with Gasteiger partial charge in [-0.25, -0.2) is 0 Å². The van der Waals surface area contributed by atoms with E-state index in [0.717, 1.165) is 17.9 Å². The summed E-state index contributed by atoms with van der Waals surface area (Å²) in [6.07, 6.45) is 1.03. The highest BCUT2D eigenvalue weighted by molar-refractivity contribution is 5.43. The molecule has 0 aromatic heterocycles. The number of rotatable bonds is 5. The minimum Gasteiger partial charge on any atom is -0.493 e. The number of nitrogens with two attached hydrogens (primary N) is 1. The second kappa shape index (κ2) is 5.61. The van der Waals surface area contributed by atoms with Crippen molar-refractivity contribution in [2.75, 3.05) is 20.8 Å². The van der Waals surface area contributed by atoms with Crippen LogP contribution in [0.15, 0.2) is 18.2 Å². The van der Waals surface area contributed by atoms with Gasteiger partial charge in [-0.05, 0) is 36.6 Å². The molecule has 0 aliphatic rings. The van der Waals surface area contributed by atoms with E-state index in [1.807, 2.05) is 18.2 Å². The standard InChI is InChI=1S/C12H19NO2/c1-4-9(8-13)10-5-6-11(14-2)12(7-10)15-3/h5-7,9H,4,8,13H2,1-3H3/t9-/m0/s1. The van der Waals surface area contributed by atoms with Crippen molar-refractivity contribution in [2.24, 2.45) is 5.73 Å². The van der Waals surface area contributed by atoms with E-state index in [1.54, 1.807) is 14.2 Å². The van der Waals surface area contributed by atoms with E-state index < -0.39 is 0 Å². The first-order valence-electron chi connectivity index (χ1n) is 5.18. The number of methoxy groups -OCH3 is 2. The fourth-order valence-corrected chi connectivity index (χ4v) is 1.65. The molecule has 2 N–H and O–H groups in total. The van der Waals surface area contributed by atoms with Crippen LogP contribution in [0.1, 0.15) is 24.8 Å². The molecule has 84 valence electrons. The Morgan fingerprint density at radius 3 is 2.33 bits per heavy atom. The zero-order valence-corrected chi connectivity index (χ0v) is 9.62. The van der Waals surface area contributed by atoms with Crippen LogP contribution in [0.2, 0.25) is 0 Å². The van der Waals surface area contributed by atoms with Gasteiger partial charge in [0.25, 0.3) is 0 Å². The van der Waals surface area contributed by atoms with Gasteiger partial charge in [-0.1, -0.05) is 13.0 Å². The van der Waals surface area contributed by atoms with Crippen LogP contribution in [-0.2, 0) is 0 Å². The van der Waals surface area contributed by atoms with Crippen molar-refractivity contribution in [1.82, 2.24) is 0 Å². The molecule has 3 heteroatoms. The lowest BCUT2D eigenvalue weighted by Gasteiger charge is -2.15. The van der Waals surface area contributed by atoms with Crippen molar-refractivity contribution in [3.8, 4) is 11.5 Å². The molecule has 1 aromatic carbocycles. The van der Waals surface area contributed by atoms with Gasteiger partial charge in [-0.15, -0.1) is 0 Å². The van der Waals surface area contributed by atoms with Crippen LogP contribution in [0.4, 0.5) is 0 Å². The van der Waals surface area contributed by atoms with Crippen molar-refractivity contribution < 1.29 is 9.47 Å². The zero-order valence-electron chi connectivity index (χ0n) is 9.62. The summed E-state index contributed by atoms with van der Waals surface area (Å²) in [4.78, 5) is 0. The summed E-state index contributed by atoms with van der Waals surface area (Å²) in [5, 5.41) is 0. The van der Waals surface area contributed by atoms with Crippen LogP contribution in [-0.4, -0.2) is 20.8 Å². The van der Waals surface area contributed by atoms with Crippen LogP contribution < -0.4 is 15.2 Å². The molecule has 0 aliphatic carbocycles. The highest BCUT2D eigenvalue weighted by Crippen LogP contribution is 2.31. The van der Waals surface area contributed by atoms with E-state index in [2.05, 4.69) is 6.92 Å². The van der Waals surface area contributed by atoms with Gasteiger partial charge in [0.05, 0.1) is 14.2 Å². The van der Waals surface area contributed by atoms with Gasteiger partial charge in [0.2, 0.25) is 0 Å². The smallest absolute Gasteiger partial charge is 0.160 e. The molecular formula is C12H19NO2. The second-order valence-electron chi connectivity index (χ2n) is 3.46. The monoisotopic (exact) mass is 209 g/mol. The summed E-state index contributed by atoms with van der Waals surface area (Å²) in [5.41, 5.74) is 6.91. The zero-order chi connectivity index (χ0) is 11.3. The molecular weight excluding hydrogens is 190 g/mol. The Morgan fingerprint density at radius 2 is 1.87 bits per heavy atom. The van der Waals surface area contributed by atoms with E-state index in [-0.39, 0.29) is 0 Å². The number of ether oxygens (including phenoxy) is 2. The van der Waals surface area contributed by atoms with Crippen LogP contribution in [0.25, 0.3) is 0 Å². The van der Waals surface area contributed by atoms with Gasteiger partial charge < -0.3 is 15.2 Å². The first-order valence-corrected chi connectivity index (χ1v) is 5.18. The highest BCUT2D eigenvalue weighted by atomic mass is 16.5. The van der Waals surface area contributed by atoms with Gasteiger partial charge in [-0.2, -0.15) is 0 Å². The van der Waals surface area contributed by atoms with Gasteiger partial charge in [-0.3, -0.25) is 0 Å². The van der Waals surface area contributed by atoms with E-state index >= 15 is 0 Å². The molecule has 1 rings (SSSR count). The quantitative estimate of drug-likeness (QED) is 0.808. The first kappa shape index (κ1) is 11.9. The number of hydrogen-bond donors (Lipinski definition) is 1. The molecule has 0 radical (unpaired) electrons. The summed E-state index contributed by atoms with van der Waals surface area (Å²) in [7, 11) is 3.28. The van der Waals surface area contributed by atoms with Crippen LogP contribution in [0, 0.1) is 0 Å². The Morgan fingerprint density at radius 1 is 1.20 bits per heavy atom. The second-order valence-corrected chi connectivity index (χ2v) is 3.46. The topological polar surface area (TPSA) is 44.5 Å². The molecule has 0 heterocycles. The molecule has 0 unspecified atom stereocenters. The Balaban J connectivity index is 3.01. The van der Waals surface area contributed by atoms with Gasteiger partial charge >= 0.3 is 0 Å². The molecule has 0 spiro atoms. The van der Waals surface area contributed by atoms with E-state index in [9.17, 15) is 0 Å². The van der Waals surface area contributed by atoms with E-state index in [0.29, 0.717) is 12.5 Å². The summed E-state index contributed by atoms with van der Waals surface area (Å²) in [5.74, 6) is 1.92. The van der Waals surface area contributed by atoms with Crippen molar-refractivity contribution in [1.29, 1.82) is 0 Å². The van der Waals surface area contributed by atoms with Gasteiger partial charge in [0.1, 0.15) is 0 Å². The average molecular weight is 209 g/mol. The van der Waals surface area contributed by atoms with Crippen LogP contribution in [0.5, 0.6) is 11.5 Å². The minimum atomic E-state index is 0.393. The number of hydrogen-bond acceptors (Lipinski definition) is 3. The molecule has 3 nitrogen and oxygen atoms in total. The van der Waals surface area contributed by atoms with Gasteiger partial charge in [0.15, 0.2) is 11.5 Å². The summed E-state index contributed by atoms with van der Waals surface area (Å²) in [6.45, 7) is 2.79. The van der Waals surface area contributed by atoms with Crippen molar-refractivity contribution in [2.45, 2.75) is 19.3 Å². The van der Waals surface area contributed by atoms with Crippen molar-refractivity contribution >= 4 is 0 Å². The maximum atomic E-state index is 5.71. The van der Waals surface area contributed by atoms with Crippen molar-refractivity contribution in [3.05, 3.63) is 23.8 Å². The third kappa shape index (κ3) is 2.63. The Bertz CT molecular complexity index is 308. The molecule has 0 saturated heterocycles. The lowest BCUT2D eigenvalue weighted by Crippen LogP contribution is -2.11. The maximum Gasteiger partial charge on any atom is 0.160 e.